The molecule has 0 radical (unpaired) electrons. The highest BCUT2D eigenvalue weighted by Gasteiger charge is 2.20. The highest BCUT2D eigenvalue weighted by Crippen LogP contribution is 2.21. The third-order valence-electron chi connectivity index (χ3n) is 5.42. The van der Waals surface area contributed by atoms with Crippen LogP contribution >= 0.6 is 0 Å². The molecule has 2 amide bonds. The predicted octanol–water partition coefficient (Wildman–Crippen LogP) is 5.53. The number of rotatable bonds is 7. The summed E-state index contributed by atoms with van der Waals surface area (Å²) in [6.07, 6.45) is 0. The fourth-order valence-corrected chi connectivity index (χ4v) is 3.71. The van der Waals surface area contributed by atoms with Crippen LogP contribution in [0.4, 0.5) is 15.8 Å². The van der Waals surface area contributed by atoms with Gasteiger partial charge in [-0.1, -0.05) is 0 Å². The molecule has 1 heterocycles. The molecule has 0 saturated carbocycles. The molecule has 0 spiro atoms. The molecule has 0 bridgehead atoms. The summed E-state index contributed by atoms with van der Waals surface area (Å²) in [5.41, 5.74) is 3.93. The average molecular weight is 473 g/mol. The Morgan fingerprint density at radius 3 is 2.03 bits per heavy atom. The van der Waals surface area contributed by atoms with E-state index in [4.69, 9.17) is 4.74 Å². The molecule has 0 saturated heterocycles. The summed E-state index contributed by atoms with van der Waals surface area (Å²) < 4.78 is 20.3. The number of nitrogens with one attached hydrogen (secondary N) is 2. The number of hydrogen-bond acceptors (Lipinski definition) is 4. The van der Waals surface area contributed by atoms with Gasteiger partial charge in [-0.05, 0) is 93.6 Å². The number of hydrogen-bond donors (Lipinski definition) is 2. The zero-order chi connectivity index (χ0) is 24.9. The summed E-state index contributed by atoms with van der Waals surface area (Å²) in [7, 11) is 0. The van der Waals surface area contributed by atoms with Gasteiger partial charge in [0.1, 0.15) is 11.6 Å². The fraction of sp³-hybridized carbons (Fsp3) is 0.148. The Hall–Kier alpha value is -4.46. The second-order valence-electron chi connectivity index (χ2n) is 7.88. The van der Waals surface area contributed by atoms with Crippen LogP contribution in [0, 0.1) is 19.7 Å². The molecule has 7 nitrogen and oxygen atoms in total. The SMILES string of the molecule is CCOc1ccc(NC(=O)c2ccc(NC(=O)c3c(C)nn(-c4ccc(F)cc4)c3C)cc2)cc1. The number of carbonyl (C=O) groups is 2. The number of ether oxygens (including phenoxy) is 1. The lowest BCUT2D eigenvalue weighted by Crippen LogP contribution is -2.15. The molecule has 0 aliphatic carbocycles. The summed E-state index contributed by atoms with van der Waals surface area (Å²) in [5, 5.41) is 10.1. The van der Waals surface area contributed by atoms with E-state index in [2.05, 4.69) is 15.7 Å². The van der Waals surface area contributed by atoms with Gasteiger partial charge in [0.05, 0.1) is 29.2 Å². The van der Waals surface area contributed by atoms with Crippen LogP contribution in [-0.2, 0) is 0 Å². The molecule has 0 aliphatic rings. The maximum Gasteiger partial charge on any atom is 0.259 e. The fourth-order valence-electron chi connectivity index (χ4n) is 3.71. The van der Waals surface area contributed by atoms with Gasteiger partial charge < -0.3 is 15.4 Å². The molecule has 0 aliphatic heterocycles. The first-order valence-corrected chi connectivity index (χ1v) is 11.1. The van der Waals surface area contributed by atoms with Gasteiger partial charge in [-0.2, -0.15) is 5.10 Å². The van der Waals surface area contributed by atoms with Gasteiger partial charge in [0, 0.05) is 16.9 Å². The van der Waals surface area contributed by atoms with Gasteiger partial charge >= 0.3 is 0 Å². The third-order valence-corrected chi connectivity index (χ3v) is 5.42. The topological polar surface area (TPSA) is 85.2 Å². The quantitative estimate of drug-likeness (QED) is 0.370. The lowest BCUT2D eigenvalue weighted by molar-refractivity contribution is 0.101. The van der Waals surface area contributed by atoms with Gasteiger partial charge in [0.15, 0.2) is 0 Å². The van der Waals surface area contributed by atoms with Gasteiger partial charge in [-0.25, -0.2) is 9.07 Å². The van der Waals surface area contributed by atoms with Gasteiger partial charge in [-0.15, -0.1) is 0 Å². The number of amides is 2. The van der Waals surface area contributed by atoms with Crippen molar-refractivity contribution in [3.05, 3.63) is 101 Å². The summed E-state index contributed by atoms with van der Waals surface area (Å²) in [6, 6.07) is 19.6. The zero-order valence-electron chi connectivity index (χ0n) is 19.6. The van der Waals surface area contributed by atoms with E-state index in [-0.39, 0.29) is 17.6 Å². The Morgan fingerprint density at radius 2 is 1.43 bits per heavy atom. The molecule has 8 heteroatoms. The lowest BCUT2D eigenvalue weighted by atomic mass is 10.1. The molecule has 2 N–H and O–H groups in total. The van der Waals surface area contributed by atoms with E-state index >= 15 is 0 Å². The number of halogens is 1. The van der Waals surface area contributed by atoms with Crippen LogP contribution in [0.5, 0.6) is 5.75 Å². The monoisotopic (exact) mass is 472 g/mol. The minimum absolute atomic E-state index is 0.265. The number of benzene rings is 3. The second kappa shape index (κ2) is 10.2. The van der Waals surface area contributed by atoms with Crippen LogP contribution in [-0.4, -0.2) is 28.2 Å². The summed E-state index contributed by atoms with van der Waals surface area (Å²) in [4.78, 5) is 25.5. The van der Waals surface area contributed by atoms with Crippen molar-refractivity contribution in [3.63, 3.8) is 0 Å². The lowest BCUT2D eigenvalue weighted by Gasteiger charge is -2.09. The Labute approximate surface area is 202 Å². The smallest absolute Gasteiger partial charge is 0.259 e. The molecule has 4 rings (SSSR count). The number of aryl methyl sites for hydroxylation is 1. The van der Waals surface area contributed by atoms with E-state index in [0.717, 1.165) is 5.75 Å². The molecule has 178 valence electrons. The Morgan fingerprint density at radius 1 is 0.857 bits per heavy atom. The maximum absolute atomic E-state index is 13.3. The normalized spacial score (nSPS) is 10.6. The molecular formula is C27H25FN4O3. The van der Waals surface area contributed by atoms with E-state index in [1.165, 1.54) is 12.1 Å². The second-order valence-corrected chi connectivity index (χ2v) is 7.88. The van der Waals surface area contributed by atoms with E-state index in [0.29, 0.717) is 46.2 Å². The Balaban J connectivity index is 1.43. The molecule has 0 unspecified atom stereocenters. The van der Waals surface area contributed by atoms with E-state index in [1.807, 2.05) is 6.92 Å². The third kappa shape index (κ3) is 5.38. The summed E-state index contributed by atoms with van der Waals surface area (Å²) in [5.74, 6) is -0.191. The first-order chi connectivity index (χ1) is 16.9. The van der Waals surface area contributed by atoms with Crippen molar-refractivity contribution in [2.45, 2.75) is 20.8 Å². The number of anilines is 2. The molecule has 35 heavy (non-hydrogen) atoms. The molecule has 0 fully saturated rings. The van der Waals surface area contributed by atoms with Gasteiger partial charge in [0.25, 0.3) is 11.8 Å². The largest absolute Gasteiger partial charge is 0.494 e. The van der Waals surface area contributed by atoms with Crippen LogP contribution in [0.25, 0.3) is 5.69 Å². The maximum atomic E-state index is 13.3. The molecular weight excluding hydrogens is 447 g/mol. The van der Waals surface area contributed by atoms with Crippen molar-refractivity contribution in [2.75, 3.05) is 17.2 Å². The highest BCUT2D eigenvalue weighted by atomic mass is 19.1. The Kier molecular flexibility index (Phi) is 6.91. The number of carbonyl (C=O) groups excluding carboxylic acids is 2. The van der Waals surface area contributed by atoms with Crippen LogP contribution < -0.4 is 15.4 Å². The van der Waals surface area contributed by atoms with Crippen molar-refractivity contribution in [2.24, 2.45) is 0 Å². The zero-order valence-corrected chi connectivity index (χ0v) is 19.6. The van der Waals surface area contributed by atoms with Crippen molar-refractivity contribution in [1.29, 1.82) is 0 Å². The average Bonchev–Trinajstić information content (AvgIpc) is 3.15. The van der Waals surface area contributed by atoms with Crippen molar-refractivity contribution < 1.29 is 18.7 Å². The minimum atomic E-state index is -0.343. The van der Waals surface area contributed by atoms with Crippen molar-refractivity contribution in [3.8, 4) is 11.4 Å². The standard InChI is InChI=1S/C27H25FN4O3/c1-4-35-24-15-11-22(12-16-24)29-26(33)19-5-9-21(10-6-19)30-27(34)25-17(2)31-32(18(25)3)23-13-7-20(28)8-14-23/h5-16H,4H2,1-3H3,(H,29,33)(H,30,34). The predicted molar refractivity (Wildman–Crippen MR) is 133 cm³/mol. The van der Waals surface area contributed by atoms with Crippen LogP contribution in [0.15, 0.2) is 72.8 Å². The first kappa shape index (κ1) is 23.7. The molecule has 3 aromatic carbocycles. The van der Waals surface area contributed by atoms with E-state index < -0.39 is 0 Å². The van der Waals surface area contributed by atoms with Crippen LogP contribution in [0.2, 0.25) is 0 Å². The van der Waals surface area contributed by atoms with Crippen molar-refractivity contribution in [1.82, 2.24) is 9.78 Å². The summed E-state index contributed by atoms with van der Waals surface area (Å²) >= 11 is 0. The van der Waals surface area contributed by atoms with Gasteiger partial charge in [-0.3, -0.25) is 9.59 Å². The van der Waals surface area contributed by atoms with Crippen LogP contribution in [0.1, 0.15) is 39.0 Å². The van der Waals surface area contributed by atoms with E-state index in [1.54, 1.807) is 79.2 Å². The summed E-state index contributed by atoms with van der Waals surface area (Å²) in [6.45, 7) is 6.01. The number of nitrogens with zero attached hydrogens (tertiary/aromatic N) is 2. The molecule has 1 aromatic heterocycles. The van der Waals surface area contributed by atoms with Gasteiger partial charge in [0.2, 0.25) is 0 Å². The van der Waals surface area contributed by atoms with Crippen molar-refractivity contribution >= 4 is 23.2 Å². The van der Waals surface area contributed by atoms with E-state index in [9.17, 15) is 14.0 Å². The Bertz CT molecular complexity index is 1350. The first-order valence-electron chi connectivity index (χ1n) is 11.1. The van der Waals surface area contributed by atoms with Crippen LogP contribution in [0.3, 0.4) is 0 Å². The highest BCUT2D eigenvalue weighted by molar-refractivity contribution is 6.07. The number of aromatic nitrogens is 2. The molecule has 4 aromatic rings. The minimum Gasteiger partial charge on any atom is -0.494 e. The molecule has 0 atom stereocenters.